The van der Waals surface area contributed by atoms with Crippen molar-refractivity contribution in [1.29, 1.82) is 0 Å². The second kappa shape index (κ2) is 8.76. The zero-order chi connectivity index (χ0) is 15.0. The SMILES string of the molecule is C=Cc1ccc(CSCCN(CC(=O)O)C(C)=S)cc1. The number of hydrogen-bond donors (Lipinski definition) is 1. The minimum atomic E-state index is -0.848. The van der Waals surface area contributed by atoms with Gasteiger partial charge in [0.2, 0.25) is 0 Å². The Morgan fingerprint density at radius 3 is 2.60 bits per heavy atom. The monoisotopic (exact) mass is 309 g/mol. The number of thiocarbonyl (C=S) groups is 1. The van der Waals surface area contributed by atoms with Crippen LogP contribution in [0.4, 0.5) is 0 Å². The first-order valence-electron chi connectivity index (χ1n) is 6.29. The van der Waals surface area contributed by atoms with Crippen molar-refractivity contribution in [2.45, 2.75) is 12.7 Å². The van der Waals surface area contributed by atoms with Gasteiger partial charge in [-0.1, -0.05) is 49.1 Å². The van der Waals surface area contributed by atoms with Gasteiger partial charge in [0.05, 0.1) is 4.99 Å². The fraction of sp³-hybridized carbons (Fsp3) is 0.333. The van der Waals surface area contributed by atoms with Crippen LogP contribution in [0.25, 0.3) is 6.08 Å². The standard InChI is InChI=1S/C15H19NO2S2/c1-3-13-4-6-14(7-5-13)11-20-9-8-16(12(2)19)10-15(17)18/h3-7H,1,8-11H2,2H3,(H,17,18). The topological polar surface area (TPSA) is 40.5 Å². The minimum Gasteiger partial charge on any atom is -0.480 e. The molecule has 0 atom stereocenters. The Kier molecular flexibility index (Phi) is 7.33. The number of aliphatic carboxylic acids is 1. The van der Waals surface area contributed by atoms with Crippen molar-refractivity contribution in [3.05, 3.63) is 42.0 Å². The van der Waals surface area contributed by atoms with Crippen LogP contribution < -0.4 is 0 Å². The lowest BCUT2D eigenvalue weighted by molar-refractivity contribution is -0.137. The van der Waals surface area contributed by atoms with E-state index in [1.807, 2.05) is 18.2 Å². The predicted molar refractivity (Wildman–Crippen MR) is 90.2 cm³/mol. The quantitative estimate of drug-likeness (QED) is 0.589. The number of benzene rings is 1. The zero-order valence-electron chi connectivity index (χ0n) is 11.5. The molecular weight excluding hydrogens is 290 g/mol. The predicted octanol–water partition coefficient (Wildman–Crippen LogP) is 3.30. The summed E-state index contributed by atoms with van der Waals surface area (Å²) in [6.45, 7) is 6.13. The van der Waals surface area contributed by atoms with E-state index in [2.05, 4.69) is 18.7 Å². The van der Waals surface area contributed by atoms with E-state index in [0.717, 1.165) is 17.1 Å². The zero-order valence-corrected chi connectivity index (χ0v) is 13.2. The Morgan fingerprint density at radius 2 is 2.10 bits per heavy atom. The molecule has 0 unspecified atom stereocenters. The molecule has 0 amide bonds. The number of rotatable bonds is 8. The average molecular weight is 309 g/mol. The summed E-state index contributed by atoms with van der Waals surface area (Å²) in [7, 11) is 0. The molecule has 20 heavy (non-hydrogen) atoms. The molecule has 0 aliphatic heterocycles. The van der Waals surface area contributed by atoms with Crippen molar-refractivity contribution < 1.29 is 9.90 Å². The fourth-order valence-corrected chi connectivity index (χ4v) is 2.70. The van der Waals surface area contributed by atoms with Crippen molar-refractivity contribution >= 4 is 41.0 Å². The van der Waals surface area contributed by atoms with Gasteiger partial charge in [0, 0.05) is 18.1 Å². The van der Waals surface area contributed by atoms with Gasteiger partial charge in [-0.25, -0.2) is 0 Å². The van der Waals surface area contributed by atoms with Crippen molar-refractivity contribution in [3.63, 3.8) is 0 Å². The Hall–Kier alpha value is -1.33. The Labute approximate surface area is 129 Å². The van der Waals surface area contributed by atoms with Crippen LogP contribution in [-0.4, -0.2) is 39.8 Å². The van der Waals surface area contributed by atoms with E-state index >= 15 is 0 Å². The summed E-state index contributed by atoms with van der Waals surface area (Å²) in [5.74, 6) is 0.915. The second-order valence-electron chi connectivity index (χ2n) is 4.33. The number of nitrogens with zero attached hydrogens (tertiary/aromatic N) is 1. The molecule has 0 heterocycles. The van der Waals surface area contributed by atoms with Crippen molar-refractivity contribution in [2.24, 2.45) is 0 Å². The summed E-state index contributed by atoms with van der Waals surface area (Å²) >= 11 is 6.82. The Balaban J connectivity index is 2.33. The first-order chi connectivity index (χ1) is 9.52. The van der Waals surface area contributed by atoms with Gasteiger partial charge in [-0.2, -0.15) is 11.8 Å². The van der Waals surface area contributed by atoms with Crippen molar-refractivity contribution in [3.8, 4) is 0 Å². The Bertz CT molecular complexity index is 471. The molecule has 5 heteroatoms. The van der Waals surface area contributed by atoms with Gasteiger partial charge in [0.1, 0.15) is 6.54 Å². The number of carboxylic acid groups (broad SMARTS) is 1. The molecule has 1 aromatic rings. The fourth-order valence-electron chi connectivity index (χ4n) is 1.63. The van der Waals surface area contributed by atoms with Crippen LogP contribution in [0, 0.1) is 0 Å². The molecule has 0 aromatic heterocycles. The molecule has 0 bridgehead atoms. The molecular formula is C15H19NO2S2. The molecule has 0 fully saturated rings. The third kappa shape index (κ3) is 6.21. The molecule has 3 nitrogen and oxygen atoms in total. The lowest BCUT2D eigenvalue weighted by Crippen LogP contribution is -2.34. The van der Waals surface area contributed by atoms with E-state index in [0.29, 0.717) is 11.5 Å². The third-order valence-electron chi connectivity index (χ3n) is 2.76. The first kappa shape index (κ1) is 16.7. The first-order valence-corrected chi connectivity index (χ1v) is 7.85. The molecule has 1 aromatic carbocycles. The van der Waals surface area contributed by atoms with E-state index in [1.165, 1.54) is 5.56 Å². The molecule has 0 saturated carbocycles. The van der Waals surface area contributed by atoms with Crippen LogP contribution in [0.5, 0.6) is 0 Å². The molecule has 0 aliphatic carbocycles. The highest BCUT2D eigenvalue weighted by molar-refractivity contribution is 7.98. The largest absolute Gasteiger partial charge is 0.480 e. The Morgan fingerprint density at radius 1 is 1.45 bits per heavy atom. The van der Waals surface area contributed by atoms with Crippen LogP contribution in [-0.2, 0) is 10.5 Å². The lowest BCUT2D eigenvalue weighted by atomic mass is 10.1. The summed E-state index contributed by atoms with van der Waals surface area (Å²) in [6, 6.07) is 8.26. The molecule has 108 valence electrons. The highest BCUT2D eigenvalue weighted by atomic mass is 32.2. The van der Waals surface area contributed by atoms with E-state index in [9.17, 15) is 4.79 Å². The maximum atomic E-state index is 10.7. The van der Waals surface area contributed by atoms with E-state index in [-0.39, 0.29) is 6.54 Å². The number of hydrogen-bond acceptors (Lipinski definition) is 3. The third-order valence-corrected chi connectivity index (χ3v) is 4.03. The summed E-state index contributed by atoms with van der Waals surface area (Å²) in [5.41, 5.74) is 2.37. The van der Waals surface area contributed by atoms with Crippen LogP contribution in [0.2, 0.25) is 0 Å². The van der Waals surface area contributed by atoms with Gasteiger partial charge in [0.15, 0.2) is 0 Å². The molecule has 1 rings (SSSR count). The van der Waals surface area contributed by atoms with Gasteiger partial charge in [-0.15, -0.1) is 0 Å². The van der Waals surface area contributed by atoms with Crippen molar-refractivity contribution in [2.75, 3.05) is 18.8 Å². The van der Waals surface area contributed by atoms with Gasteiger partial charge in [-0.3, -0.25) is 4.79 Å². The molecule has 0 radical (unpaired) electrons. The molecule has 0 spiro atoms. The number of thioether (sulfide) groups is 1. The maximum absolute atomic E-state index is 10.7. The summed E-state index contributed by atoms with van der Waals surface area (Å²) < 4.78 is 0. The highest BCUT2D eigenvalue weighted by Gasteiger charge is 2.09. The van der Waals surface area contributed by atoms with Gasteiger partial charge < -0.3 is 10.0 Å². The van der Waals surface area contributed by atoms with E-state index in [1.54, 1.807) is 23.6 Å². The summed E-state index contributed by atoms with van der Waals surface area (Å²) in [6.07, 6.45) is 1.82. The van der Waals surface area contributed by atoms with Crippen LogP contribution in [0.3, 0.4) is 0 Å². The average Bonchev–Trinajstić information content (AvgIpc) is 2.42. The smallest absolute Gasteiger partial charge is 0.323 e. The van der Waals surface area contributed by atoms with Gasteiger partial charge >= 0.3 is 5.97 Å². The lowest BCUT2D eigenvalue weighted by Gasteiger charge is -2.20. The van der Waals surface area contributed by atoms with Crippen LogP contribution >= 0.6 is 24.0 Å². The number of carboxylic acids is 1. The van der Waals surface area contributed by atoms with Crippen molar-refractivity contribution in [1.82, 2.24) is 4.90 Å². The second-order valence-corrected chi connectivity index (χ2v) is 6.03. The van der Waals surface area contributed by atoms with Gasteiger partial charge in [0.25, 0.3) is 0 Å². The molecule has 1 N–H and O–H groups in total. The molecule has 0 saturated heterocycles. The maximum Gasteiger partial charge on any atom is 0.323 e. The summed E-state index contributed by atoms with van der Waals surface area (Å²) in [5, 5.41) is 8.80. The summed E-state index contributed by atoms with van der Waals surface area (Å²) in [4.78, 5) is 13.1. The minimum absolute atomic E-state index is 0.0239. The number of carbonyl (C=O) groups is 1. The normalized spacial score (nSPS) is 10.1. The van der Waals surface area contributed by atoms with Gasteiger partial charge in [-0.05, 0) is 18.1 Å². The highest BCUT2D eigenvalue weighted by Crippen LogP contribution is 2.14. The molecule has 0 aliphatic rings. The van der Waals surface area contributed by atoms with Crippen LogP contribution in [0.1, 0.15) is 18.1 Å². The van der Waals surface area contributed by atoms with E-state index < -0.39 is 5.97 Å². The van der Waals surface area contributed by atoms with Crippen LogP contribution in [0.15, 0.2) is 30.8 Å². The van der Waals surface area contributed by atoms with E-state index in [4.69, 9.17) is 17.3 Å².